The third-order valence-corrected chi connectivity index (χ3v) is 4.92. The fraction of sp³-hybridized carbons (Fsp3) is 0.190. The van der Waals surface area contributed by atoms with Crippen molar-refractivity contribution in [1.29, 1.82) is 5.26 Å². The van der Waals surface area contributed by atoms with E-state index in [1.54, 1.807) is 18.3 Å². The van der Waals surface area contributed by atoms with Gasteiger partial charge in [-0.15, -0.1) is 0 Å². The van der Waals surface area contributed by atoms with Crippen molar-refractivity contribution >= 4 is 34.7 Å². The monoisotopic (exact) mass is 390 g/mol. The van der Waals surface area contributed by atoms with Gasteiger partial charge in [-0.05, 0) is 48.5 Å². The first kappa shape index (κ1) is 18.1. The van der Waals surface area contributed by atoms with E-state index in [0.29, 0.717) is 11.5 Å². The fourth-order valence-electron chi connectivity index (χ4n) is 3.21. The lowest BCUT2D eigenvalue weighted by Crippen LogP contribution is -2.46. The van der Waals surface area contributed by atoms with Gasteiger partial charge in [0.2, 0.25) is 5.95 Å². The third kappa shape index (κ3) is 4.16. The Balaban J connectivity index is 1.41. The number of hydrogen-bond acceptors (Lipinski definition) is 6. The largest absolute Gasteiger partial charge is 0.368 e. The van der Waals surface area contributed by atoms with Gasteiger partial charge in [0.05, 0.1) is 11.6 Å². The molecule has 0 spiro atoms. The number of hydrogen-bond donors (Lipinski definition) is 1. The molecule has 3 aromatic rings. The Labute approximate surface area is 169 Å². The Morgan fingerprint density at radius 2 is 1.71 bits per heavy atom. The topological polar surface area (TPSA) is 68.1 Å². The number of rotatable bonds is 4. The molecule has 7 heteroatoms. The molecule has 6 nitrogen and oxygen atoms in total. The first-order chi connectivity index (χ1) is 13.7. The molecular formula is C21H19ClN6. The van der Waals surface area contributed by atoms with E-state index in [0.717, 1.165) is 48.4 Å². The van der Waals surface area contributed by atoms with Crippen molar-refractivity contribution in [1.82, 2.24) is 9.97 Å². The van der Waals surface area contributed by atoms with Crippen molar-refractivity contribution in [3.63, 3.8) is 0 Å². The predicted octanol–water partition coefficient (Wildman–Crippen LogP) is 4.07. The molecule has 0 aliphatic carbocycles. The van der Waals surface area contributed by atoms with Crippen LogP contribution >= 0.6 is 11.6 Å². The second kappa shape index (κ2) is 8.15. The van der Waals surface area contributed by atoms with Gasteiger partial charge in [0.15, 0.2) is 0 Å². The van der Waals surface area contributed by atoms with E-state index in [4.69, 9.17) is 16.9 Å². The first-order valence-corrected chi connectivity index (χ1v) is 9.45. The number of nitrogens with one attached hydrogen (secondary N) is 1. The van der Waals surface area contributed by atoms with Crippen LogP contribution in [0.5, 0.6) is 0 Å². The van der Waals surface area contributed by atoms with Gasteiger partial charge in [0, 0.05) is 48.8 Å². The fourth-order valence-corrected chi connectivity index (χ4v) is 3.39. The smallest absolute Gasteiger partial charge is 0.229 e. The van der Waals surface area contributed by atoms with Crippen LogP contribution in [0.4, 0.5) is 23.1 Å². The highest BCUT2D eigenvalue weighted by Gasteiger charge is 2.19. The number of anilines is 4. The summed E-state index contributed by atoms with van der Waals surface area (Å²) < 4.78 is 0. The molecule has 0 amide bonds. The van der Waals surface area contributed by atoms with E-state index >= 15 is 0 Å². The lowest BCUT2D eigenvalue weighted by Gasteiger charge is -2.36. The van der Waals surface area contributed by atoms with Crippen LogP contribution in [0.15, 0.2) is 60.8 Å². The van der Waals surface area contributed by atoms with E-state index in [-0.39, 0.29) is 0 Å². The molecule has 1 N–H and O–H groups in total. The van der Waals surface area contributed by atoms with Crippen molar-refractivity contribution in [2.75, 3.05) is 41.3 Å². The van der Waals surface area contributed by atoms with E-state index in [2.05, 4.69) is 37.2 Å². The second-order valence-electron chi connectivity index (χ2n) is 6.51. The summed E-state index contributed by atoms with van der Waals surface area (Å²) in [4.78, 5) is 13.5. The maximum Gasteiger partial charge on any atom is 0.229 e. The maximum absolute atomic E-state index is 8.89. The molecule has 4 rings (SSSR count). The molecule has 28 heavy (non-hydrogen) atoms. The van der Waals surface area contributed by atoms with Crippen LogP contribution < -0.4 is 15.1 Å². The van der Waals surface area contributed by atoms with Crippen LogP contribution in [-0.4, -0.2) is 36.1 Å². The minimum atomic E-state index is 0.541. The van der Waals surface area contributed by atoms with Gasteiger partial charge >= 0.3 is 0 Å². The quantitative estimate of drug-likeness (QED) is 0.724. The Kier molecular flexibility index (Phi) is 5.27. The summed E-state index contributed by atoms with van der Waals surface area (Å²) in [6.07, 6.45) is 1.76. The van der Waals surface area contributed by atoms with Gasteiger partial charge in [-0.3, -0.25) is 0 Å². The van der Waals surface area contributed by atoms with Gasteiger partial charge in [-0.1, -0.05) is 17.7 Å². The average Bonchev–Trinajstić information content (AvgIpc) is 2.75. The lowest BCUT2D eigenvalue weighted by atomic mass is 10.2. The second-order valence-corrected chi connectivity index (χ2v) is 6.94. The summed E-state index contributed by atoms with van der Waals surface area (Å²) in [5.74, 6) is 1.44. The zero-order chi connectivity index (χ0) is 19.3. The average molecular weight is 391 g/mol. The standard InChI is InChI=1S/C21H19ClN6/c22-17-2-1-3-19(14-17)27-10-12-28(13-11-27)20-8-9-24-21(26-20)25-18-6-4-16(15-23)5-7-18/h1-9,14H,10-13H2,(H,24,25,26). The number of benzene rings is 2. The first-order valence-electron chi connectivity index (χ1n) is 9.07. The van der Waals surface area contributed by atoms with Crippen LogP contribution in [0.1, 0.15) is 5.56 Å². The zero-order valence-corrected chi connectivity index (χ0v) is 16.0. The zero-order valence-electron chi connectivity index (χ0n) is 15.2. The van der Waals surface area contributed by atoms with E-state index in [9.17, 15) is 0 Å². The van der Waals surface area contributed by atoms with E-state index in [1.807, 2.05) is 36.4 Å². The Hall–Kier alpha value is -3.30. The SMILES string of the molecule is N#Cc1ccc(Nc2nccc(N3CCN(c4cccc(Cl)c4)CC3)n2)cc1. The molecule has 1 aliphatic heterocycles. The van der Waals surface area contributed by atoms with Crippen LogP contribution in [0.25, 0.3) is 0 Å². The van der Waals surface area contributed by atoms with Crippen LogP contribution in [0.2, 0.25) is 5.02 Å². The highest BCUT2D eigenvalue weighted by molar-refractivity contribution is 6.30. The summed E-state index contributed by atoms with van der Waals surface area (Å²) >= 11 is 6.11. The molecule has 0 radical (unpaired) electrons. The minimum absolute atomic E-state index is 0.541. The molecule has 140 valence electrons. The Morgan fingerprint density at radius 3 is 2.43 bits per heavy atom. The summed E-state index contributed by atoms with van der Waals surface area (Å²) in [6.45, 7) is 3.56. The third-order valence-electron chi connectivity index (χ3n) is 4.69. The van der Waals surface area contributed by atoms with Gasteiger partial charge in [-0.25, -0.2) is 4.98 Å². The Bertz CT molecular complexity index is 990. The molecule has 1 saturated heterocycles. The molecule has 2 aromatic carbocycles. The van der Waals surface area contributed by atoms with E-state index < -0.39 is 0 Å². The molecular weight excluding hydrogens is 372 g/mol. The normalized spacial score (nSPS) is 13.9. The highest BCUT2D eigenvalue weighted by Crippen LogP contribution is 2.23. The van der Waals surface area contributed by atoms with Gasteiger partial charge in [-0.2, -0.15) is 10.2 Å². The number of aromatic nitrogens is 2. The number of piperazine rings is 1. The molecule has 0 unspecified atom stereocenters. The molecule has 2 heterocycles. The highest BCUT2D eigenvalue weighted by atomic mass is 35.5. The molecule has 0 saturated carbocycles. The van der Waals surface area contributed by atoms with Crippen molar-refractivity contribution in [3.05, 3.63) is 71.4 Å². The Morgan fingerprint density at radius 1 is 0.964 bits per heavy atom. The lowest BCUT2D eigenvalue weighted by molar-refractivity contribution is 0.647. The summed E-state index contributed by atoms with van der Waals surface area (Å²) in [5.41, 5.74) is 2.62. The molecule has 0 atom stereocenters. The van der Waals surface area contributed by atoms with Crippen molar-refractivity contribution in [2.24, 2.45) is 0 Å². The van der Waals surface area contributed by atoms with Crippen molar-refractivity contribution < 1.29 is 0 Å². The molecule has 1 aromatic heterocycles. The molecule has 1 fully saturated rings. The van der Waals surface area contributed by atoms with Crippen molar-refractivity contribution in [2.45, 2.75) is 0 Å². The van der Waals surface area contributed by atoms with Crippen LogP contribution in [0.3, 0.4) is 0 Å². The summed E-state index contributed by atoms with van der Waals surface area (Å²) in [5, 5.41) is 12.8. The molecule has 0 bridgehead atoms. The predicted molar refractivity (Wildman–Crippen MR) is 112 cm³/mol. The number of nitrogens with zero attached hydrogens (tertiary/aromatic N) is 5. The van der Waals surface area contributed by atoms with Crippen LogP contribution in [-0.2, 0) is 0 Å². The number of halogens is 1. The van der Waals surface area contributed by atoms with Gasteiger partial charge < -0.3 is 15.1 Å². The summed E-state index contributed by atoms with van der Waals surface area (Å²) in [7, 11) is 0. The van der Waals surface area contributed by atoms with Crippen LogP contribution in [0, 0.1) is 11.3 Å². The minimum Gasteiger partial charge on any atom is -0.368 e. The number of nitriles is 1. The van der Waals surface area contributed by atoms with Gasteiger partial charge in [0.1, 0.15) is 5.82 Å². The maximum atomic E-state index is 8.89. The molecule has 1 aliphatic rings. The van der Waals surface area contributed by atoms with E-state index in [1.165, 1.54) is 0 Å². The summed E-state index contributed by atoms with van der Waals surface area (Å²) in [6, 6.07) is 19.2. The van der Waals surface area contributed by atoms with Gasteiger partial charge in [0.25, 0.3) is 0 Å². The van der Waals surface area contributed by atoms with Crippen molar-refractivity contribution in [3.8, 4) is 6.07 Å².